The van der Waals surface area contributed by atoms with Crippen molar-refractivity contribution in [3.8, 4) is 0 Å². The Labute approximate surface area is 157 Å². The fourth-order valence-corrected chi connectivity index (χ4v) is 5.34. The van der Waals surface area contributed by atoms with Crippen molar-refractivity contribution in [2.45, 2.75) is 31.6 Å². The zero-order chi connectivity index (χ0) is 19.3. The van der Waals surface area contributed by atoms with Crippen molar-refractivity contribution < 1.29 is 22.4 Å². The number of sulfonamides is 1. The van der Waals surface area contributed by atoms with E-state index in [1.807, 2.05) is 18.2 Å². The topological polar surface area (TPSA) is 85.6 Å². The Bertz CT molecular complexity index is 1180. The molecule has 0 saturated heterocycles. The van der Waals surface area contributed by atoms with Gasteiger partial charge in [0.05, 0.1) is 12.8 Å². The molecule has 0 atom stereocenters. The van der Waals surface area contributed by atoms with E-state index in [9.17, 15) is 13.2 Å². The second-order valence-electron chi connectivity index (χ2n) is 6.63. The second kappa shape index (κ2) is 6.13. The van der Waals surface area contributed by atoms with Gasteiger partial charge in [0.25, 0.3) is 10.0 Å². The third-order valence-electron chi connectivity index (χ3n) is 4.98. The van der Waals surface area contributed by atoms with Crippen LogP contribution in [0.4, 0.5) is 5.69 Å². The minimum Gasteiger partial charge on any atom is -0.465 e. The Kier molecular flexibility index (Phi) is 3.99. The summed E-state index contributed by atoms with van der Waals surface area (Å²) >= 11 is 0. The summed E-state index contributed by atoms with van der Waals surface area (Å²) in [4.78, 5) is 11.9. The number of carbonyl (C=O) groups excluding carboxylic acids is 1. The molecule has 27 heavy (non-hydrogen) atoms. The molecule has 4 rings (SSSR count). The van der Waals surface area contributed by atoms with E-state index in [1.165, 1.54) is 32.1 Å². The number of hydrogen-bond donors (Lipinski definition) is 1. The van der Waals surface area contributed by atoms with Crippen LogP contribution in [-0.4, -0.2) is 21.5 Å². The summed E-state index contributed by atoms with van der Waals surface area (Å²) in [6, 6.07) is 9.61. The van der Waals surface area contributed by atoms with Gasteiger partial charge in [0, 0.05) is 5.39 Å². The van der Waals surface area contributed by atoms with Crippen molar-refractivity contribution in [1.82, 2.24) is 0 Å². The maximum atomic E-state index is 13.1. The van der Waals surface area contributed by atoms with Gasteiger partial charge in [-0.3, -0.25) is 4.72 Å². The highest BCUT2D eigenvalue weighted by Gasteiger charge is 2.32. The van der Waals surface area contributed by atoms with E-state index in [-0.39, 0.29) is 22.0 Å². The minimum atomic E-state index is -4.05. The summed E-state index contributed by atoms with van der Waals surface area (Å²) in [5.74, 6) is -0.392. The van der Waals surface area contributed by atoms with Crippen LogP contribution in [-0.2, 0) is 27.6 Å². The third kappa shape index (κ3) is 2.70. The Morgan fingerprint density at radius 2 is 1.78 bits per heavy atom. The molecule has 0 bridgehead atoms. The van der Waals surface area contributed by atoms with E-state index < -0.39 is 16.0 Å². The molecule has 1 aliphatic rings. The highest BCUT2D eigenvalue weighted by Crippen LogP contribution is 2.36. The SMILES string of the molecule is COC(=O)c1c(C)oc(C)c1S(=O)(=O)Nc1ccc2c3c(cccc13)CC2. The van der Waals surface area contributed by atoms with Crippen molar-refractivity contribution in [2.75, 3.05) is 11.8 Å². The van der Waals surface area contributed by atoms with E-state index in [4.69, 9.17) is 9.15 Å². The average molecular weight is 385 g/mol. The lowest BCUT2D eigenvalue weighted by atomic mass is 10.0. The number of carbonyl (C=O) groups is 1. The number of ether oxygens (including phenoxy) is 1. The smallest absolute Gasteiger partial charge is 0.342 e. The first-order valence-corrected chi connectivity index (χ1v) is 10.1. The Morgan fingerprint density at radius 1 is 1.07 bits per heavy atom. The number of anilines is 1. The molecule has 1 N–H and O–H groups in total. The molecule has 7 heteroatoms. The molecule has 0 fully saturated rings. The maximum Gasteiger partial charge on any atom is 0.342 e. The number of hydrogen-bond acceptors (Lipinski definition) is 5. The largest absolute Gasteiger partial charge is 0.465 e. The first-order valence-electron chi connectivity index (χ1n) is 8.58. The molecule has 6 nitrogen and oxygen atoms in total. The van der Waals surface area contributed by atoms with Crippen LogP contribution >= 0.6 is 0 Å². The molecule has 1 aromatic heterocycles. The summed E-state index contributed by atoms with van der Waals surface area (Å²) in [5.41, 5.74) is 2.84. The van der Waals surface area contributed by atoms with Crippen LogP contribution < -0.4 is 4.72 Å². The molecular weight excluding hydrogens is 366 g/mol. The lowest BCUT2D eigenvalue weighted by molar-refractivity contribution is 0.0595. The summed E-state index contributed by atoms with van der Waals surface area (Å²) in [7, 11) is -2.84. The summed E-state index contributed by atoms with van der Waals surface area (Å²) in [5, 5.41) is 1.95. The van der Waals surface area contributed by atoms with E-state index in [0.717, 1.165) is 23.6 Å². The highest BCUT2D eigenvalue weighted by molar-refractivity contribution is 7.92. The molecule has 0 radical (unpaired) electrons. The standard InChI is InChI=1S/C20H19NO5S/c1-11-17(20(22)25-3)19(12(2)26-11)27(23,24)21-16-10-9-14-8-7-13-5-4-6-15(16)18(13)14/h4-6,9-10,21H,7-8H2,1-3H3. The van der Waals surface area contributed by atoms with Gasteiger partial charge in [0.1, 0.15) is 22.0 Å². The monoisotopic (exact) mass is 385 g/mol. The molecule has 1 heterocycles. The van der Waals surface area contributed by atoms with Gasteiger partial charge in [0.15, 0.2) is 0 Å². The van der Waals surface area contributed by atoms with E-state index >= 15 is 0 Å². The van der Waals surface area contributed by atoms with Gasteiger partial charge in [0.2, 0.25) is 0 Å². The normalized spacial score (nSPS) is 13.1. The molecule has 0 saturated carbocycles. The van der Waals surface area contributed by atoms with Gasteiger partial charge in [-0.25, -0.2) is 13.2 Å². The van der Waals surface area contributed by atoms with Crippen LogP contribution in [0.25, 0.3) is 10.8 Å². The maximum absolute atomic E-state index is 13.1. The Hall–Kier alpha value is -2.80. The van der Waals surface area contributed by atoms with Crippen LogP contribution in [0, 0.1) is 13.8 Å². The molecule has 0 spiro atoms. The van der Waals surface area contributed by atoms with Crippen LogP contribution in [0.5, 0.6) is 0 Å². The van der Waals surface area contributed by atoms with Crippen molar-refractivity contribution in [2.24, 2.45) is 0 Å². The predicted octanol–water partition coefficient (Wildman–Crippen LogP) is 3.74. The van der Waals surface area contributed by atoms with Crippen molar-refractivity contribution in [1.29, 1.82) is 0 Å². The summed E-state index contributed by atoms with van der Waals surface area (Å²) in [6.45, 7) is 3.05. The van der Waals surface area contributed by atoms with Gasteiger partial charge in [-0.1, -0.05) is 24.3 Å². The minimum absolute atomic E-state index is 0.0755. The van der Waals surface area contributed by atoms with Crippen molar-refractivity contribution in [3.05, 3.63) is 58.5 Å². The lowest BCUT2D eigenvalue weighted by Crippen LogP contribution is -2.17. The third-order valence-corrected chi connectivity index (χ3v) is 6.50. The fourth-order valence-electron chi connectivity index (χ4n) is 3.86. The number of nitrogens with one attached hydrogen (secondary N) is 1. The number of rotatable bonds is 4. The number of methoxy groups -OCH3 is 1. The van der Waals surface area contributed by atoms with E-state index in [0.29, 0.717) is 5.69 Å². The predicted molar refractivity (Wildman–Crippen MR) is 102 cm³/mol. The van der Waals surface area contributed by atoms with Crippen molar-refractivity contribution in [3.63, 3.8) is 0 Å². The van der Waals surface area contributed by atoms with Crippen LogP contribution in [0.2, 0.25) is 0 Å². The number of esters is 1. The van der Waals surface area contributed by atoms with Gasteiger partial charge >= 0.3 is 5.97 Å². The van der Waals surface area contributed by atoms with Gasteiger partial charge in [-0.15, -0.1) is 0 Å². The number of aryl methyl sites for hydroxylation is 4. The summed E-state index contributed by atoms with van der Waals surface area (Å²) in [6.07, 6.45) is 1.91. The molecule has 140 valence electrons. The van der Waals surface area contributed by atoms with Crippen LogP contribution in [0.3, 0.4) is 0 Å². The number of furan rings is 1. The molecular formula is C20H19NO5S. The van der Waals surface area contributed by atoms with Gasteiger partial charge < -0.3 is 9.15 Å². The quantitative estimate of drug-likeness (QED) is 0.692. The second-order valence-corrected chi connectivity index (χ2v) is 8.25. The number of benzene rings is 2. The summed E-state index contributed by atoms with van der Waals surface area (Å²) < 4.78 is 39.0. The lowest BCUT2D eigenvalue weighted by Gasteiger charge is -2.12. The van der Waals surface area contributed by atoms with E-state index in [1.54, 1.807) is 6.07 Å². The van der Waals surface area contributed by atoms with Gasteiger partial charge in [-0.05, 0) is 49.3 Å². The first-order chi connectivity index (χ1) is 12.8. The average Bonchev–Trinajstić information content (AvgIpc) is 3.18. The van der Waals surface area contributed by atoms with Crippen LogP contribution in [0.1, 0.15) is 33.0 Å². The first kappa shape index (κ1) is 17.6. The van der Waals surface area contributed by atoms with Crippen molar-refractivity contribution >= 4 is 32.5 Å². The molecule has 0 aliphatic heterocycles. The van der Waals surface area contributed by atoms with Gasteiger partial charge in [-0.2, -0.15) is 0 Å². The Balaban J connectivity index is 1.85. The fraction of sp³-hybridized carbons (Fsp3) is 0.250. The molecule has 1 aliphatic carbocycles. The molecule has 0 amide bonds. The molecule has 2 aromatic carbocycles. The Morgan fingerprint density at radius 3 is 2.48 bits per heavy atom. The highest BCUT2D eigenvalue weighted by atomic mass is 32.2. The molecule has 3 aromatic rings. The van der Waals surface area contributed by atoms with Crippen LogP contribution in [0.15, 0.2) is 39.6 Å². The van der Waals surface area contributed by atoms with E-state index in [2.05, 4.69) is 10.8 Å². The zero-order valence-electron chi connectivity index (χ0n) is 15.3. The molecule has 0 unspecified atom stereocenters. The zero-order valence-corrected chi connectivity index (χ0v) is 16.1.